The first-order valence-corrected chi connectivity index (χ1v) is 2.51. The molecule has 0 aliphatic rings. The Morgan fingerprint density at radius 3 is 2.56 bits per heavy atom. The third kappa shape index (κ3) is 2.00. The summed E-state index contributed by atoms with van der Waals surface area (Å²) in [4.78, 5) is 11.4. The van der Waals surface area contributed by atoms with Crippen molar-refractivity contribution in [1.82, 2.24) is 4.90 Å². The lowest BCUT2D eigenvalue weighted by Crippen LogP contribution is -2.25. The molecule has 0 N–H and O–H groups in total. The molecule has 0 aliphatic carbocycles. The molecule has 4 heteroatoms. The number of nitriles is 1. The van der Waals surface area contributed by atoms with Crippen LogP contribution in [0.2, 0.25) is 0 Å². The molecule has 0 heterocycles. The third-order valence-electron chi connectivity index (χ3n) is 0.832. The van der Waals surface area contributed by atoms with E-state index in [1.807, 2.05) is 0 Å². The topological polar surface area (TPSA) is 53.3 Å². The molecule has 0 saturated carbocycles. The van der Waals surface area contributed by atoms with Gasteiger partial charge in [0.15, 0.2) is 6.19 Å². The molecule has 0 bridgehead atoms. The lowest BCUT2D eigenvalue weighted by Gasteiger charge is -2.06. The van der Waals surface area contributed by atoms with E-state index >= 15 is 0 Å². The van der Waals surface area contributed by atoms with Crippen molar-refractivity contribution in [3.63, 3.8) is 0 Å². The van der Waals surface area contributed by atoms with E-state index in [-0.39, 0.29) is 0 Å². The second kappa shape index (κ2) is 3.72. The van der Waals surface area contributed by atoms with Crippen LogP contribution in [0.1, 0.15) is 6.92 Å². The van der Waals surface area contributed by atoms with Gasteiger partial charge >= 0.3 is 6.09 Å². The number of nitrogens with zero attached hydrogens (tertiary/aromatic N) is 2. The van der Waals surface area contributed by atoms with Crippen LogP contribution in [0.15, 0.2) is 0 Å². The van der Waals surface area contributed by atoms with Gasteiger partial charge < -0.3 is 4.74 Å². The smallest absolute Gasteiger partial charge is 0.422 e. The molecule has 9 heavy (non-hydrogen) atoms. The molecule has 0 fully saturated rings. The van der Waals surface area contributed by atoms with Crippen LogP contribution in [0.3, 0.4) is 0 Å². The van der Waals surface area contributed by atoms with Crippen LogP contribution in [0, 0.1) is 11.5 Å². The highest BCUT2D eigenvalue weighted by Gasteiger charge is 2.07. The minimum absolute atomic E-state index is 0.350. The molecule has 0 spiro atoms. The van der Waals surface area contributed by atoms with Crippen LogP contribution in [0.5, 0.6) is 0 Å². The molecule has 0 atom stereocenters. The van der Waals surface area contributed by atoms with E-state index in [2.05, 4.69) is 4.74 Å². The van der Waals surface area contributed by atoms with Crippen LogP contribution in [-0.4, -0.2) is 24.6 Å². The van der Waals surface area contributed by atoms with Gasteiger partial charge in [0.25, 0.3) is 0 Å². The molecular weight excluding hydrogens is 120 g/mol. The lowest BCUT2D eigenvalue weighted by molar-refractivity contribution is 0.144. The number of rotatable bonds is 1. The van der Waals surface area contributed by atoms with E-state index in [1.54, 1.807) is 13.1 Å². The van der Waals surface area contributed by atoms with E-state index < -0.39 is 6.09 Å². The van der Waals surface area contributed by atoms with Crippen molar-refractivity contribution in [3.05, 3.63) is 0 Å². The van der Waals surface area contributed by atoms with Crippen molar-refractivity contribution in [2.24, 2.45) is 0 Å². The van der Waals surface area contributed by atoms with Gasteiger partial charge in [-0.25, -0.2) is 9.69 Å². The fourth-order valence-corrected chi connectivity index (χ4v) is 0.351. The molecule has 4 nitrogen and oxygen atoms in total. The largest absolute Gasteiger partial charge is 0.452 e. The highest BCUT2D eigenvalue weighted by Crippen LogP contribution is 1.87. The summed E-state index contributed by atoms with van der Waals surface area (Å²) in [6, 6.07) is 0. The molecule has 0 rings (SSSR count). The number of carbonyl (C=O) groups is 1. The first-order chi connectivity index (χ1) is 4.26. The zero-order valence-electron chi connectivity index (χ0n) is 5.42. The van der Waals surface area contributed by atoms with Gasteiger partial charge in [-0.15, -0.1) is 0 Å². The van der Waals surface area contributed by atoms with Crippen LogP contribution >= 0.6 is 0 Å². The number of amides is 1. The van der Waals surface area contributed by atoms with Crippen LogP contribution in [0.4, 0.5) is 4.79 Å². The Hall–Kier alpha value is -1.24. The zero-order chi connectivity index (χ0) is 7.28. The molecule has 50 valence electrons. The molecule has 0 unspecified atom stereocenters. The average molecular weight is 128 g/mol. The van der Waals surface area contributed by atoms with Gasteiger partial charge in [-0.3, -0.25) is 0 Å². The second-order valence-corrected chi connectivity index (χ2v) is 1.31. The predicted molar refractivity (Wildman–Crippen MR) is 30.4 cm³/mol. The van der Waals surface area contributed by atoms with Crippen molar-refractivity contribution in [3.8, 4) is 6.19 Å². The summed E-state index contributed by atoms with van der Waals surface area (Å²) in [5.74, 6) is 0. The van der Waals surface area contributed by atoms with Gasteiger partial charge in [0.2, 0.25) is 0 Å². The summed E-state index contributed by atoms with van der Waals surface area (Å²) in [7, 11) is 1.24. The molecule has 0 aromatic carbocycles. The van der Waals surface area contributed by atoms with Gasteiger partial charge in [-0.05, 0) is 6.92 Å². The van der Waals surface area contributed by atoms with Crippen LogP contribution in [-0.2, 0) is 4.74 Å². The van der Waals surface area contributed by atoms with E-state index in [9.17, 15) is 4.79 Å². The Kier molecular flexibility index (Phi) is 3.21. The average Bonchev–Trinajstić information content (AvgIpc) is 1.90. The van der Waals surface area contributed by atoms with E-state index in [1.165, 1.54) is 7.11 Å². The van der Waals surface area contributed by atoms with Gasteiger partial charge in [-0.2, -0.15) is 5.26 Å². The Labute approximate surface area is 53.6 Å². The molecular formula is C5H8N2O2. The lowest BCUT2D eigenvalue weighted by atomic mass is 10.7. The fourth-order valence-electron chi connectivity index (χ4n) is 0.351. The van der Waals surface area contributed by atoms with E-state index in [0.29, 0.717) is 6.54 Å². The molecule has 0 radical (unpaired) electrons. The minimum atomic E-state index is -0.611. The van der Waals surface area contributed by atoms with Crippen LogP contribution in [0.25, 0.3) is 0 Å². The third-order valence-corrected chi connectivity index (χ3v) is 0.832. The van der Waals surface area contributed by atoms with E-state index in [4.69, 9.17) is 5.26 Å². The highest BCUT2D eigenvalue weighted by molar-refractivity contribution is 5.69. The normalized spacial score (nSPS) is 7.67. The molecule has 0 saturated heterocycles. The molecule has 0 aromatic heterocycles. The number of methoxy groups -OCH3 is 1. The van der Waals surface area contributed by atoms with Crippen LogP contribution < -0.4 is 0 Å². The first kappa shape index (κ1) is 7.76. The van der Waals surface area contributed by atoms with Gasteiger partial charge in [0.05, 0.1) is 7.11 Å². The standard InChI is InChI=1S/C5H8N2O2/c1-3-7(4-6)5(8)9-2/h3H2,1-2H3. The predicted octanol–water partition coefficient (Wildman–Crippen LogP) is 0.556. The summed E-state index contributed by atoms with van der Waals surface area (Å²) in [6.07, 6.45) is 1.05. The van der Waals surface area contributed by atoms with Gasteiger partial charge in [0.1, 0.15) is 0 Å². The Morgan fingerprint density at radius 1 is 1.89 bits per heavy atom. The van der Waals surface area contributed by atoms with Crippen molar-refractivity contribution in [2.75, 3.05) is 13.7 Å². The van der Waals surface area contributed by atoms with Gasteiger partial charge in [0, 0.05) is 6.54 Å². The van der Waals surface area contributed by atoms with Crippen molar-refractivity contribution in [1.29, 1.82) is 5.26 Å². The van der Waals surface area contributed by atoms with Crippen molar-refractivity contribution >= 4 is 6.09 Å². The summed E-state index contributed by atoms with van der Waals surface area (Å²) < 4.78 is 4.26. The second-order valence-electron chi connectivity index (χ2n) is 1.31. The van der Waals surface area contributed by atoms with Crippen molar-refractivity contribution < 1.29 is 9.53 Å². The fraction of sp³-hybridized carbons (Fsp3) is 0.600. The maximum Gasteiger partial charge on any atom is 0.422 e. The number of carbonyl (C=O) groups excluding carboxylic acids is 1. The number of hydrogen-bond acceptors (Lipinski definition) is 3. The highest BCUT2D eigenvalue weighted by atomic mass is 16.5. The SMILES string of the molecule is CCN(C#N)C(=O)OC. The minimum Gasteiger partial charge on any atom is -0.452 e. The summed E-state index contributed by atoms with van der Waals surface area (Å²) in [5.41, 5.74) is 0. The summed E-state index contributed by atoms with van der Waals surface area (Å²) in [5, 5.41) is 8.20. The van der Waals surface area contributed by atoms with Gasteiger partial charge in [-0.1, -0.05) is 0 Å². The molecule has 0 aromatic rings. The van der Waals surface area contributed by atoms with E-state index in [0.717, 1.165) is 4.90 Å². The first-order valence-electron chi connectivity index (χ1n) is 2.51. The maximum absolute atomic E-state index is 10.5. The van der Waals surface area contributed by atoms with Crippen molar-refractivity contribution in [2.45, 2.75) is 6.92 Å². The monoisotopic (exact) mass is 128 g/mol. The Balaban J connectivity index is 3.84. The quantitative estimate of drug-likeness (QED) is 0.383. The Morgan fingerprint density at radius 2 is 2.44 bits per heavy atom. The zero-order valence-corrected chi connectivity index (χ0v) is 5.42. The summed E-state index contributed by atoms with van der Waals surface area (Å²) >= 11 is 0. The Bertz CT molecular complexity index is 138. The maximum atomic E-state index is 10.5. The number of ether oxygens (including phenoxy) is 1. The summed E-state index contributed by atoms with van der Waals surface area (Å²) in [6.45, 7) is 2.04. The molecule has 1 amide bonds. The number of hydrogen-bond donors (Lipinski definition) is 0. The molecule has 0 aliphatic heterocycles.